The van der Waals surface area contributed by atoms with Crippen molar-refractivity contribution in [3.63, 3.8) is 0 Å². The van der Waals surface area contributed by atoms with Gasteiger partial charge in [0.2, 0.25) is 5.91 Å². The zero-order chi connectivity index (χ0) is 8.88. The number of rotatable bonds is 1. The average Bonchev–Trinajstić information content (AvgIpc) is 2.62. The van der Waals surface area contributed by atoms with Crippen molar-refractivity contribution in [3.05, 3.63) is 0 Å². The maximum Gasteiger partial charge on any atom is 0.226 e. The molecule has 2 fully saturated rings. The highest BCUT2D eigenvalue weighted by molar-refractivity contribution is 5.96. The van der Waals surface area contributed by atoms with Crippen molar-refractivity contribution in [2.75, 3.05) is 14.1 Å². The van der Waals surface area contributed by atoms with Gasteiger partial charge in [-0.15, -0.1) is 0 Å². The first-order valence-corrected chi connectivity index (χ1v) is 4.37. The Hall–Kier alpha value is -0.860. The van der Waals surface area contributed by atoms with Crippen molar-refractivity contribution >= 4 is 11.7 Å². The Kier molecular flexibility index (Phi) is 1.50. The van der Waals surface area contributed by atoms with Crippen molar-refractivity contribution in [2.45, 2.75) is 12.8 Å². The van der Waals surface area contributed by atoms with Gasteiger partial charge in [0, 0.05) is 26.4 Å². The highest BCUT2D eigenvalue weighted by Gasteiger charge is 2.61. The van der Waals surface area contributed by atoms with E-state index in [1.165, 1.54) is 0 Å². The summed E-state index contributed by atoms with van der Waals surface area (Å²) in [5, 5.41) is 0. The Morgan fingerprint density at radius 2 is 2.17 bits per heavy atom. The second-order valence-corrected chi connectivity index (χ2v) is 3.95. The van der Waals surface area contributed by atoms with Crippen molar-refractivity contribution in [3.8, 4) is 0 Å². The molecule has 0 aromatic rings. The number of Topliss-reactive ketones (excluding diaryl/α,β-unsaturated/α-hetero) is 1. The molecule has 1 amide bonds. The summed E-state index contributed by atoms with van der Waals surface area (Å²) in [5.41, 5.74) is 0. The van der Waals surface area contributed by atoms with Gasteiger partial charge >= 0.3 is 0 Å². The molecule has 0 aromatic carbocycles. The number of amides is 1. The molecule has 12 heavy (non-hydrogen) atoms. The van der Waals surface area contributed by atoms with E-state index >= 15 is 0 Å². The lowest BCUT2D eigenvalue weighted by molar-refractivity contribution is -0.132. The molecule has 66 valence electrons. The van der Waals surface area contributed by atoms with Gasteiger partial charge in [-0.3, -0.25) is 9.59 Å². The van der Waals surface area contributed by atoms with Crippen LogP contribution in [-0.4, -0.2) is 30.7 Å². The Morgan fingerprint density at radius 3 is 2.58 bits per heavy atom. The monoisotopic (exact) mass is 167 g/mol. The van der Waals surface area contributed by atoms with Crippen molar-refractivity contribution < 1.29 is 9.59 Å². The first-order chi connectivity index (χ1) is 5.63. The predicted molar refractivity (Wildman–Crippen MR) is 43.4 cm³/mol. The van der Waals surface area contributed by atoms with Gasteiger partial charge in [0.05, 0.1) is 5.92 Å². The second-order valence-electron chi connectivity index (χ2n) is 3.95. The molecule has 0 aliphatic heterocycles. The van der Waals surface area contributed by atoms with E-state index in [2.05, 4.69) is 0 Å². The zero-order valence-electron chi connectivity index (χ0n) is 7.41. The summed E-state index contributed by atoms with van der Waals surface area (Å²) in [4.78, 5) is 24.2. The molecular formula is C9H13NO2. The first-order valence-electron chi connectivity index (χ1n) is 4.37. The topological polar surface area (TPSA) is 37.4 Å². The number of ketones is 1. The quantitative estimate of drug-likeness (QED) is 0.563. The van der Waals surface area contributed by atoms with Crippen molar-refractivity contribution in [1.29, 1.82) is 0 Å². The summed E-state index contributed by atoms with van der Waals surface area (Å²) in [5.74, 6) is 0.979. The SMILES string of the molecule is CN(C)C(=O)[C@H]1[C@@H]2CCC(=O)[C@@H]21. The molecule has 0 radical (unpaired) electrons. The van der Waals surface area contributed by atoms with Gasteiger partial charge in [0.1, 0.15) is 5.78 Å². The fraction of sp³-hybridized carbons (Fsp3) is 0.778. The average molecular weight is 167 g/mol. The lowest BCUT2D eigenvalue weighted by Crippen LogP contribution is -2.26. The van der Waals surface area contributed by atoms with E-state index < -0.39 is 0 Å². The molecule has 2 saturated carbocycles. The minimum absolute atomic E-state index is 0.0428. The normalized spacial score (nSPS) is 37.8. The molecule has 3 nitrogen and oxygen atoms in total. The summed E-state index contributed by atoms with van der Waals surface area (Å²) in [6.07, 6.45) is 1.64. The molecule has 0 N–H and O–H groups in total. The van der Waals surface area contributed by atoms with Crippen LogP contribution in [0.3, 0.4) is 0 Å². The Balaban J connectivity index is 2.04. The van der Waals surface area contributed by atoms with Gasteiger partial charge in [-0.25, -0.2) is 0 Å². The van der Waals surface area contributed by atoms with E-state index in [0.717, 1.165) is 6.42 Å². The van der Waals surface area contributed by atoms with Crippen LogP contribution in [0.25, 0.3) is 0 Å². The highest BCUT2D eigenvalue weighted by Crippen LogP contribution is 2.55. The third kappa shape index (κ3) is 0.886. The number of fused-ring (bicyclic) bond motifs is 1. The minimum Gasteiger partial charge on any atom is -0.349 e. The summed E-state index contributed by atoms with van der Waals surface area (Å²) >= 11 is 0. The molecule has 0 bridgehead atoms. The Bertz CT molecular complexity index is 247. The van der Waals surface area contributed by atoms with Crippen LogP contribution < -0.4 is 0 Å². The molecule has 2 rings (SSSR count). The minimum atomic E-state index is 0.0428. The number of hydrogen-bond donors (Lipinski definition) is 0. The van der Waals surface area contributed by atoms with Crippen LogP contribution >= 0.6 is 0 Å². The summed E-state index contributed by atoms with van der Waals surface area (Å²) in [6, 6.07) is 0. The second kappa shape index (κ2) is 2.31. The van der Waals surface area contributed by atoms with Crippen LogP contribution in [-0.2, 0) is 9.59 Å². The predicted octanol–water partition coefficient (Wildman–Crippen LogP) is 0.300. The number of carbonyl (C=O) groups excluding carboxylic acids is 2. The van der Waals surface area contributed by atoms with E-state index in [9.17, 15) is 9.59 Å². The van der Waals surface area contributed by atoms with Crippen LogP contribution in [0.2, 0.25) is 0 Å². The molecular weight excluding hydrogens is 154 g/mol. The third-order valence-electron chi connectivity index (χ3n) is 2.99. The first kappa shape index (κ1) is 7.77. The number of nitrogens with zero attached hydrogens (tertiary/aromatic N) is 1. The van der Waals surface area contributed by atoms with Crippen LogP contribution in [0.4, 0.5) is 0 Å². The van der Waals surface area contributed by atoms with Gasteiger partial charge in [-0.05, 0) is 12.3 Å². The van der Waals surface area contributed by atoms with Gasteiger partial charge in [0.25, 0.3) is 0 Å². The van der Waals surface area contributed by atoms with Crippen molar-refractivity contribution in [1.82, 2.24) is 4.90 Å². The maximum absolute atomic E-state index is 11.4. The number of hydrogen-bond acceptors (Lipinski definition) is 2. The van der Waals surface area contributed by atoms with E-state index in [1.807, 2.05) is 0 Å². The molecule has 0 unspecified atom stereocenters. The molecule has 0 saturated heterocycles. The standard InChI is InChI=1S/C9H13NO2/c1-10(2)9(12)8-5-3-4-6(11)7(5)8/h5,7-8H,3-4H2,1-2H3/t5-,7-,8+/m1/s1. The highest BCUT2D eigenvalue weighted by atomic mass is 16.2. The molecule has 3 atom stereocenters. The van der Waals surface area contributed by atoms with E-state index in [1.54, 1.807) is 19.0 Å². The van der Waals surface area contributed by atoms with Crippen LogP contribution in [0.5, 0.6) is 0 Å². The van der Waals surface area contributed by atoms with Crippen LogP contribution in [0.1, 0.15) is 12.8 Å². The molecule has 0 spiro atoms. The molecule has 0 heterocycles. The van der Waals surface area contributed by atoms with E-state index in [-0.39, 0.29) is 17.7 Å². The Labute approximate surface area is 71.7 Å². The maximum atomic E-state index is 11.4. The van der Waals surface area contributed by atoms with Crippen LogP contribution in [0, 0.1) is 17.8 Å². The summed E-state index contributed by atoms with van der Waals surface area (Å²) < 4.78 is 0. The lowest BCUT2D eigenvalue weighted by atomic mass is 10.1. The van der Waals surface area contributed by atoms with Gasteiger partial charge < -0.3 is 4.90 Å². The Morgan fingerprint density at radius 1 is 1.50 bits per heavy atom. The summed E-state index contributed by atoms with van der Waals surface area (Å²) in [6.45, 7) is 0. The fourth-order valence-corrected chi connectivity index (χ4v) is 2.28. The van der Waals surface area contributed by atoms with Gasteiger partial charge in [-0.1, -0.05) is 0 Å². The van der Waals surface area contributed by atoms with Crippen molar-refractivity contribution in [2.24, 2.45) is 17.8 Å². The lowest BCUT2D eigenvalue weighted by Gasteiger charge is -2.10. The largest absolute Gasteiger partial charge is 0.349 e. The van der Waals surface area contributed by atoms with Gasteiger partial charge in [-0.2, -0.15) is 0 Å². The number of carbonyl (C=O) groups is 2. The smallest absolute Gasteiger partial charge is 0.226 e. The van der Waals surface area contributed by atoms with Crippen LogP contribution in [0.15, 0.2) is 0 Å². The van der Waals surface area contributed by atoms with Gasteiger partial charge in [0.15, 0.2) is 0 Å². The fourth-order valence-electron chi connectivity index (χ4n) is 2.28. The molecule has 2 aliphatic carbocycles. The molecule has 3 heteroatoms. The van der Waals surface area contributed by atoms with E-state index in [0.29, 0.717) is 18.1 Å². The summed E-state index contributed by atoms with van der Waals surface area (Å²) in [7, 11) is 3.50. The third-order valence-corrected chi connectivity index (χ3v) is 2.99. The zero-order valence-corrected chi connectivity index (χ0v) is 7.41. The molecule has 2 aliphatic rings. The molecule has 0 aromatic heterocycles. The van der Waals surface area contributed by atoms with E-state index in [4.69, 9.17) is 0 Å².